The summed E-state index contributed by atoms with van der Waals surface area (Å²) in [5.41, 5.74) is 0. The third-order valence-corrected chi connectivity index (χ3v) is 2.81. The number of likely N-dealkylation sites (tertiary alicyclic amines) is 1. The van der Waals surface area contributed by atoms with E-state index in [1.165, 1.54) is 6.42 Å². The summed E-state index contributed by atoms with van der Waals surface area (Å²) in [6.07, 6.45) is 1.35. The summed E-state index contributed by atoms with van der Waals surface area (Å²) >= 11 is 0. The van der Waals surface area contributed by atoms with Crippen molar-refractivity contribution in [3.63, 3.8) is 0 Å². The van der Waals surface area contributed by atoms with Crippen LogP contribution in [0, 0.1) is 11.8 Å². The molecule has 1 saturated heterocycles. The van der Waals surface area contributed by atoms with Crippen LogP contribution in [0.5, 0.6) is 0 Å². The van der Waals surface area contributed by atoms with E-state index in [9.17, 15) is 0 Å². The van der Waals surface area contributed by atoms with Gasteiger partial charge in [0, 0.05) is 26.2 Å². The Balaban J connectivity index is 0.00000225. The summed E-state index contributed by atoms with van der Waals surface area (Å²) in [4.78, 5) is 6.95. The molecule has 2 atom stereocenters. The molecule has 0 aromatic heterocycles. The van der Waals surface area contributed by atoms with Crippen LogP contribution in [-0.4, -0.2) is 37.0 Å². The van der Waals surface area contributed by atoms with Gasteiger partial charge in [0.15, 0.2) is 5.96 Å². The Bertz CT molecular complexity index is 208. The van der Waals surface area contributed by atoms with Crippen LogP contribution in [0.2, 0.25) is 0 Å². The Labute approximate surface area is 117 Å². The van der Waals surface area contributed by atoms with E-state index in [2.05, 4.69) is 42.9 Å². The van der Waals surface area contributed by atoms with Gasteiger partial charge in [0.05, 0.1) is 0 Å². The molecule has 0 radical (unpaired) electrons. The lowest BCUT2D eigenvalue weighted by atomic mass is 9.92. The van der Waals surface area contributed by atoms with Crippen LogP contribution < -0.4 is 5.32 Å². The molecule has 4 heteroatoms. The number of halogens is 1. The maximum Gasteiger partial charge on any atom is 0.193 e. The maximum absolute atomic E-state index is 4.54. The molecular weight excluding hydrogens is 313 g/mol. The number of guanidine groups is 1. The van der Waals surface area contributed by atoms with Gasteiger partial charge in [-0.15, -0.1) is 24.0 Å². The first-order chi connectivity index (χ1) is 7.17. The highest BCUT2D eigenvalue weighted by Gasteiger charge is 2.23. The second-order valence-electron chi connectivity index (χ2n) is 4.68. The highest BCUT2D eigenvalue weighted by molar-refractivity contribution is 14.0. The van der Waals surface area contributed by atoms with E-state index in [4.69, 9.17) is 0 Å². The summed E-state index contributed by atoms with van der Waals surface area (Å²) in [6.45, 7) is 13.0. The largest absolute Gasteiger partial charge is 0.357 e. The summed E-state index contributed by atoms with van der Waals surface area (Å²) in [6, 6.07) is 0. The van der Waals surface area contributed by atoms with Gasteiger partial charge < -0.3 is 10.2 Å². The van der Waals surface area contributed by atoms with Crippen LogP contribution in [0.1, 0.15) is 34.1 Å². The Hall–Kier alpha value is 0. The standard InChI is InChI=1S/C12H25N3.HI/c1-5-13-12(14-6-2)15-8-10(3)7-11(4)9-15;/h10-11H,5-9H2,1-4H3,(H,13,14);1H. The summed E-state index contributed by atoms with van der Waals surface area (Å²) < 4.78 is 0. The molecule has 96 valence electrons. The van der Waals surface area contributed by atoms with Crippen molar-refractivity contribution in [3.8, 4) is 0 Å². The van der Waals surface area contributed by atoms with Crippen molar-refractivity contribution < 1.29 is 0 Å². The Morgan fingerprint density at radius 3 is 2.25 bits per heavy atom. The van der Waals surface area contributed by atoms with E-state index in [1.807, 2.05) is 0 Å². The lowest BCUT2D eigenvalue weighted by Crippen LogP contribution is -2.48. The van der Waals surface area contributed by atoms with Crippen LogP contribution in [0.15, 0.2) is 4.99 Å². The first kappa shape index (κ1) is 16.0. The number of rotatable bonds is 2. The van der Waals surface area contributed by atoms with Gasteiger partial charge >= 0.3 is 0 Å². The predicted molar refractivity (Wildman–Crippen MR) is 81.6 cm³/mol. The molecule has 2 unspecified atom stereocenters. The molecule has 0 amide bonds. The lowest BCUT2D eigenvalue weighted by molar-refractivity contribution is 0.208. The average Bonchev–Trinajstić information content (AvgIpc) is 2.16. The number of hydrogen-bond donors (Lipinski definition) is 1. The van der Waals surface area contributed by atoms with Gasteiger partial charge in [0.25, 0.3) is 0 Å². The average molecular weight is 339 g/mol. The van der Waals surface area contributed by atoms with E-state index in [1.54, 1.807) is 0 Å². The topological polar surface area (TPSA) is 27.6 Å². The molecule has 3 nitrogen and oxygen atoms in total. The smallest absolute Gasteiger partial charge is 0.193 e. The van der Waals surface area contributed by atoms with Gasteiger partial charge in [-0.25, -0.2) is 0 Å². The fraction of sp³-hybridized carbons (Fsp3) is 0.917. The molecule has 0 aliphatic carbocycles. The second kappa shape index (κ2) is 8.14. The Morgan fingerprint density at radius 2 is 1.81 bits per heavy atom. The van der Waals surface area contributed by atoms with Gasteiger partial charge in [-0.3, -0.25) is 4.99 Å². The third kappa shape index (κ3) is 4.89. The monoisotopic (exact) mass is 339 g/mol. The van der Waals surface area contributed by atoms with Gasteiger partial charge in [-0.05, 0) is 32.1 Å². The van der Waals surface area contributed by atoms with Crippen molar-refractivity contribution in [2.45, 2.75) is 34.1 Å². The van der Waals surface area contributed by atoms with Crippen molar-refractivity contribution in [2.75, 3.05) is 26.2 Å². The molecule has 1 aliphatic heterocycles. The predicted octanol–water partition coefficient (Wildman–Crippen LogP) is 2.57. The van der Waals surface area contributed by atoms with Gasteiger partial charge in [-0.1, -0.05) is 13.8 Å². The van der Waals surface area contributed by atoms with E-state index >= 15 is 0 Å². The molecule has 1 heterocycles. The zero-order valence-electron chi connectivity index (χ0n) is 11.0. The van der Waals surface area contributed by atoms with E-state index < -0.39 is 0 Å². The zero-order chi connectivity index (χ0) is 11.3. The maximum atomic E-state index is 4.54. The molecule has 0 spiro atoms. The minimum atomic E-state index is 0. The van der Waals surface area contributed by atoms with Crippen LogP contribution >= 0.6 is 24.0 Å². The first-order valence-corrected chi connectivity index (χ1v) is 6.20. The van der Waals surface area contributed by atoms with E-state index in [0.29, 0.717) is 0 Å². The Morgan fingerprint density at radius 1 is 1.25 bits per heavy atom. The first-order valence-electron chi connectivity index (χ1n) is 6.20. The molecule has 1 fully saturated rings. The number of piperidine rings is 1. The molecule has 0 aromatic carbocycles. The number of aliphatic imine (C=N–C) groups is 1. The van der Waals surface area contributed by atoms with Gasteiger partial charge in [0.2, 0.25) is 0 Å². The van der Waals surface area contributed by atoms with Crippen LogP contribution in [0.25, 0.3) is 0 Å². The zero-order valence-corrected chi connectivity index (χ0v) is 13.3. The second-order valence-corrected chi connectivity index (χ2v) is 4.68. The molecule has 0 aromatic rings. The van der Waals surface area contributed by atoms with E-state index in [-0.39, 0.29) is 24.0 Å². The van der Waals surface area contributed by atoms with Gasteiger partial charge in [0.1, 0.15) is 0 Å². The highest BCUT2D eigenvalue weighted by Crippen LogP contribution is 2.20. The summed E-state index contributed by atoms with van der Waals surface area (Å²) in [5, 5.41) is 3.37. The summed E-state index contributed by atoms with van der Waals surface area (Å²) in [7, 11) is 0. The van der Waals surface area contributed by atoms with Crippen molar-refractivity contribution in [2.24, 2.45) is 16.8 Å². The molecule has 1 aliphatic rings. The molecule has 1 N–H and O–H groups in total. The van der Waals surface area contributed by atoms with Crippen LogP contribution in [-0.2, 0) is 0 Å². The fourth-order valence-electron chi connectivity index (χ4n) is 2.41. The van der Waals surface area contributed by atoms with Crippen molar-refractivity contribution >= 4 is 29.9 Å². The molecule has 1 rings (SSSR count). The minimum absolute atomic E-state index is 0. The van der Waals surface area contributed by atoms with Crippen molar-refractivity contribution in [1.29, 1.82) is 0 Å². The highest BCUT2D eigenvalue weighted by atomic mass is 127. The van der Waals surface area contributed by atoms with E-state index in [0.717, 1.165) is 44.0 Å². The van der Waals surface area contributed by atoms with Gasteiger partial charge in [-0.2, -0.15) is 0 Å². The lowest BCUT2D eigenvalue weighted by Gasteiger charge is -2.37. The molecule has 0 bridgehead atoms. The number of nitrogens with zero attached hydrogens (tertiary/aromatic N) is 2. The van der Waals surface area contributed by atoms with Crippen molar-refractivity contribution in [3.05, 3.63) is 0 Å². The van der Waals surface area contributed by atoms with Crippen LogP contribution in [0.3, 0.4) is 0 Å². The Kier molecular flexibility index (Phi) is 8.14. The molecule has 0 saturated carbocycles. The fourth-order valence-corrected chi connectivity index (χ4v) is 2.41. The quantitative estimate of drug-likeness (QED) is 0.476. The van der Waals surface area contributed by atoms with Crippen LogP contribution in [0.4, 0.5) is 0 Å². The SMILES string of the molecule is CCN=C(NCC)N1CC(C)CC(C)C1.I. The number of nitrogens with one attached hydrogen (secondary N) is 1. The normalized spacial score (nSPS) is 26.2. The minimum Gasteiger partial charge on any atom is -0.357 e. The number of hydrogen-bond acceptors (Lipinski definition) is 1. The molecular formula is C12H26IN3. The molecule has 16 heavy (non-hydrogen) atoms. The third-order valence-electron chi connectivity index (χ3n) is 2.81. The van der Waals surface area contributed by atoms with Crippen molar-refractivity contribution in [1.82, 2.24) is 10.2 Å². The summed E-state index contributed by atoms with van der Waals surface area (Å²) in [5.74, 6) is 2.67.